The molecule has 2 amide bonds. The van der Waals surface area contributed by atoms with Crippen LogP contribution >= 0.6 is 0 Å². The van der Waals surface area contributed by atoms with Crippen molar-refractivity contribution in [1.82, 2.24) is 9.80 Å². The van der Waals surface area contributed by atoms with Crippen molar-refractivity contribution in [3.8, 4) is 5.75 Å². The number of piperazine rings is 1. The highest BCUT2D eigenvalue weighted by Crippen LogP contribution is 2.15. The molecule has 1 atom stereocenters. The van der Waals surface area contributed by atoms with Crippen molar-refractivity contribution in [1.29, 1.82) is 0 Å². The lowest BCUT2D eigenvalue weighted by molar-refractivity contribution is -0.143. The van der Waals surface area contributed by atoms with Gasteiger partial charge >= 0.3 is 0 Å². The lowest BCUT2D eigenvalue weighted by atomic mass is 10.1. The number of carbonyl (C=O) groups is 2. The Hall–Kier alpha value is -2.15. The van der Waals surface area contributed by atoms with Gasteiger partial charge in [-0.25, -0.2) is 4.39 Å². The summed E-state index contributed by atoms with van der Waals surface area (Å²) in [5, 5.41) is 0. The molecule has 2 rings (SSSR count). The largest absolute Gasteiger partial charge is 0.493 e. The van der Waals surface area contributed by atoms with E-state index in [1.165, 1.54) is 17.0 Å². The van der Waals surface area contributed by atoms with E-state index in [1.54, 1.807) is 12.1 Å². The van der Waals surface area contributed by atoms with Gasteiger partial charge < -0.3 is 15.4 Å². The van der Waals surface area contributed by atoms with Crippen LogP contribution in [0.5, 0.6) is 5.75 Å². The van der Waals surface area contributed by atoms with Crippen LogP contribution in [0.25, 0.3) is 0 Å². The molecular formula is C17H24FN3O3. The maximum absolute atomic E-state index is 13.1. The molecule has 0 radical (unpaired) electrons. The molecule has 24 heavy (non-hydrogen) atoms. The van der Waals surface area contributed by atoms with Gasteiger partial charge in [0, 0.05) is 31.7 Å². The van der Waals surface area contributed by atoms with Crippen molar-refractivity contribution < 1.29 is 18.7 Å². The van der Waals surface area contributed by atoms with Crippen molar-refractivity contribution in [2.75, 3.05) is 26.2 Å². The van der Waals surface area contributed by atoms with Crippen LogP contribution < -0.4 is 10.5 Å². The number of nitrogens with zero attached hydrogens (tertiary/aromatic N) is 2. The third-order valence-corrected chi connectivity index (χ3v) is 4.17. The van der Waals surface area contributed by atoms with E-state index >= 15 is 0 Å². The van der Waals surface area contributed by atoms with E-state index in [1.807, 2.05) is 13.8 Å². The molecule has 1 aliphatic heterocycles. The Kier molecular flexibility index (Phi) is 6.14. The smallest absolute Gasteiger partial charge is 0.241 e. The molecule has 1 fully saturated rings. The molecule has 0 saturated carbocycles. The molecule has 1 aromatic carbocycles. The number of hydrogen-bond acceptors (Lipinski definition) is 4. The van der Waals surface area contributed by atoms with Crippen LogP contribution in [0.2, 0.25) is 0 Å². The molecule has 1 heterocycles. The van der Waals surface area contributed by atoms with Crippen molar-refractivity contribution in [2.45, 2.75) is 32.4 Å². The molecule has 1 aromatic rings. The lowest BCUT2D eigenvalue weighted by Gasteiger charge is -2.41. The highest BCUT2D eigenvalue weighted by Gasteiger charge is 2.34. The first-order valence-electron chi connectivity index (χ1n) is 8.09. The van der Waals surface area contributed by atoms with Gasteiger partial charge in [-0.15, -0.1) is 0 Å². The normalized spacial score (nSPS) is 18.7. The van der Waals surface area contributed by atoms with E-state index in [4.69, 9.17) is 10.5 Å². The Morgan fingerprint density at radius 2 is 2.12 bits per heavy atom. The van der Waals surface area contributed by atoms with Crippen LogP contribution in [0.15, 0.2) is 24.3 Å². The second-order valence-electron chi connectivity index (χ2n) is 6.15. The Balaban J connectivity index is 1.89. The maximum atomic E-state index is 13.1. The van der Waals surface area contributed by atoms with E-state index in [9.17, 15) is 14.0 Å². The highest BCUT2D eigenvalue weighted by atomic mass is 19.1. The van der Waals surface area contributed by atoms with Crippen molar-refractivity contribution in [3.63, 3.8) is 0 Å². The number of ether oxygens (including phenoxy) is 1. The second kappa shape index (κ2) is 8.10. The monoisotopic (exact) mass is 337 g/mol. The van der Waals surface area contributed by atoms with Gasteiger partial charge in [0.05, 0.1) is 13.0 Å². The fraction of sp³-hybridized carbons (Fsp3) is 0.529. The number of amides is 2. The molecule has 132 valence electrons. The molecule has 0 aromatic heterocycles. The van der Waals surface area contributed by atoms with Gasteiger partial charge in [0.25, 0.3) is 0 Å². The van der Waals surface area contributed by atoms with Crippen LogP contribution in [0.3, 0.4) is 0 Å². The van der Waals surface area contributed by atoms with E-state index in [0.717, 1.165) is 0 Å². The Morgan fingerprint density at radius 1 is 1.38 bits per heavy atom. The zero-order valence-electron chi connectivity index (χ0n) is 14.1. The third-order valence-electron chi connectivity index (χ3n) is 4.17. The van der Waals surface area contributed by atoms with E-state index in [0.29, 0.717) is 31.4 Å². The van der Waals surface area contributed by atoms with Crippen LogP contribution in [0.4, 0.5) is 4.39 Å². The van der Waals surface area contributed by atoms with Gasteiger partial charge in [0.1, 0.15) is 17.6 Å². The van der Waals surface area contributed by atoms with Crippen molar-refractivity contribution >= 4 is 11.8 Å². The summed E-state index contributed by atoms with van der Waals surface area (Å²) in [5.74, 6) is -0.699. The minimum Gasteiger partial charge on any atom is -0.493 e. The number of primary amides is 1. The van der Waals surface area contributed by atoms with Crippen LogP contribution in [0.1, 0.15) is 20.3 Å². The van der Waals surface area contributed by atoms with E-state index in [2.05, 4.69) is 4.90 Å². The fourth-order valence-corrected chi connectivity index (χ4v) is 2.77. The Morgan fingerprint density at radius 3 is 2.75 bits per heavy atom. The molecular weight excluding hydrogens is 313 g/mol. The molecule has 0 spiro atoms. The summed E-state index contributed by atoms with van der Waals surface area (Å²) in [5.41, 5.74) is 5.46. The Bertz CT molecular complexity index is 594. The summed E-state index contributed by atoms with van der Waals surface area (Å²) < 4.78 is 18.5. The molecule has 1 unspecified atom stereocenters. The minimum atomic E-state index is -0.622. The second-order valence-corrected chi connectivity index (χ2v) is 6.15. The van der Waals surface area contributed by atoms with Crippen molar-refractivity contribution in [2.24, 2.45) is 5.73 Å². The van der Waals surface area contributed by atoms with Crippen LogP contribution in [0, 0.1) is 5.82 Å². The third kappa shape index (κ3) is 4.67. The predicted molar refractivity (Wildman–Crippen MR) is 87.9 cm³/mol. The molecule has 1 saturated heterocycles. The first-order chi connectivity index (χ1) is 11.4. The zero-order valence-corrected chi connectivity index (χ0v) is 14.1. The summed E-state index contributed by atoms with van der Waals surface area (Å²) in [7, 11) is 0. The summed E-state index contributed by atoms with van der Waals surface area (Å²) in [4.78, 5) is 27.7. The van der Waals surface area contributed by atoms with Crippen LogP contribution in [-0.2, 0) is 9.59 Å². The van der Waals surface area contributed by atoms with E-state index in [-0.39, 0.29) is 18.9 Å². The molecule has 6 nitrogen and oxygen atoms in total. The number of rotatable bonds is 6. The standard InChI is InChI=1S/C17H24FN3O3/c1-12(2)20-7-8-21(15(11-20)17(19)23)16(22)6-9-24-14-5-3-4-13(18)10-14/h3-5,10,12,15H,6-9,11H2,1-2H3,(H2,19,23). The molecule has 1 aliphatic rings. The lowest BCUT2D eigenvalue weighted by Crippen LogP contribution is -2.61. The Labute approximate surface area is 141 Å². The van der Waals surface area contributed by atoms with E-state index < -0.39 is 17.8 Å². The molecule has 0 aliphatic carbocycles. The average molecular weight is 337 g/mol. The highest BCUT2D eigenvalue weighted by molar-refractivity contribution is 5.87. The van der Waals surface area contributed by atoms with Gasteiger partial charge in [-0.05, 0) is 26.0 Å². The van der Waals surface area contributed by atoms with Gasteiger partial charge in [0.2, 0.25) is 11.8 Å². The maximum Gasteiger partial charge on any atom is 0.241 e. The first-order valence-corrected chi connectivity index (χ1v) is 8.09. The first kappa shape index (κ1) is 18.2. The summed E-state index contributed by atoms with van der Waals surface area (Å²) in [6.45, 7) is 5.83. The predicted octanol–water partition coefficient (Wildman–Crippen LogP) is 1.00. The number of nitrogens with two attached hydrogens (primary N) is 1. The van der Waals surface area contributed by atoms with Crippen LogP contribution in [-0.4, -0.2) is 59.9 Å². The van der Waals surface area contributed by atoms with Crippen molar-refractivity contribution in [3.05, 3.63) is 30.1 Å². The van der Waals surface area contributed by atoms with Gasteiger partial charge in [0.15, 0.2) is 0 Å². The average Bonchev–Trinajstić information content (AvgIpc) is 2.54. The minimum absolute atomic E-state index is 0.113. The zero-order chi connectivity index (χ0) is 17.7. The molecule has 0 bridgehead atoms. The van der Waals surface area contributed by atoms with Gasteiger partial charge in [-0.2, -0.15) is 0 Å². The number of halogens is 1. The van der Waals surface area contributed by atoms with Gasteiger partial charge in [-0.3, -0.25) is 14.5 Å². The molecule has 2 N–H and O–H groups in total. The summed E-state index contributed by atoms with van der Waals surface area (Å²) >= 11 is 0. The van der Waals surface area contributed by atoms with Gasteiger partial charge in [-0.1, -0.05) is 6.07 Å². The topological polar surface area (TPSA) is 75.9 Å². The summed E-state index contributed by atoms with van der Waals surface area (Å²) in [6, 6.07) is 5.42. The summed E-state index contributed by atoms with van der Waals surface area (Å²) in [6.07, 6.45) is 0.113. The SMILES string of the molecule is CC(C)N1CCN(C(=O)CCOc2cccc(F)c2)C(C(N)=O)C1. The fourth-order valence-electron chi connectivity index (χ4n) is 2.77. The number of hydrogen-bond donors (Lipinski definition) is 1. The quantitative estimate of drug-likeness (QED) is 0.840. The number of carbonyl (C=O) groups excluding carboxylic acids is 2. The number of benzene rings is 1. The molecule has 7 heteroatoms.